The number of sulfone groups is 1. The summed E-state index contributed by atoms with van der Waals surface area (Å²) in [4.78, 5) is 0.365. The van der Waals surface area contributed by atoms with E-state index in [1.807, 2.05) is 19.2 Å². The molecular formula is C13H19NO3S. The number of rotatable bonds is 4. The van der Waals surface area contributed by atoms with Crippen molar-refractivity contribution in [3.8, 4) is 0 Å². The van der Waals surface area contributed by atoms with Crippen molar-refractivity contribution in [2.75, 3.05) is 26.5 Å². The van der Waals surface area contributed by atoms with Crippen molar-refractivity contribution >= 4 is 9.84 Å². The summed E-state index contributed by atoms with van der Waals surface area (Å²) in [7, 11) is -1.19. The standard InChI is InChI=1S/C13H19NO3S/c1-14-13(11-7-8-17-9-11)10-3-5-12(6-4-10)18(2,15)16/h3-6,11,13-14H,7-9H2,1-2H3. The lowest BCUT2D eigenvalue weighted by Gasteiger charge is -2.22. The fourth-order valence-electron chi connectivity index (χ4n) is 2.41. The van der Waals surface area contributed by atoms with Gasteiger partial charge in [-0.1, -0.05) is 12.1 Å². The van der Waals surface area contributed by atoms with Crippen molar-refractivity contribution in [3.05, 3.63) is 29.8 Å². The van der Waals surface area contributed by atoms with Crippen LogP contribution in [0.1, 0.15) is 18.0 Å². The first-order valence-corrected chi connectivity index (χ1v) is 7.96. The Hall–Kier alpha value is -0.910. The zero-order valence-corrected chi connectivity index (χ0v) is 11.5. The molecule has 0 amide bonds. The highest BCUT2D eigenvalue weighted by Crippen LogP contribution is 2.28. The third-order valence-corrected chi connectivity index (χ3v) is 4.54. The quantitative estimate of drug-likeness (QED) is 0.897. The third kappa shape index (κ3) is 2.91. The van der Waals surface area contributed by atoms with Gasteiger partial charge in [0.15, 0.2) is 9.84 Å². The molecule has 2 unspecified atom stereocenters. The Kier molecular flexibility index (Phi) is 4.04. The molecule has 5 heteroatoms. The average Bonchev–Trinajstić information content (AvgIpc) is 2.83. The highest BCUT2D eigenvalue weighted by Gasteiger charge is 2.25. The molecule has 0 saturated carbocycles. The molecule has 0 spiro atoms. The van der Waals surface area contributed by atoms with Crippen LogP contribution in [0.3, 0.4) is 0 Å². The van der Waals surface area contributed by atoms with Gasteiger partial charge in [0.2, 0.25) is 0 Å². The Morgan fingerprint density at radius 2 is 2.00 bits per heavy atom. The molecular weight excluding hydrogens is 250 g/mol. The molecule has 0 radical (unpaired) electrons. The third-order valence-electron chi connectivity index (χ3n) is 3.41. The summed E-state index contributed by atoms with van der Waals surface area (Å²) in [5.41, 5.74) is 1.11. The van der Waals surface area contributed by atoms with Gasteiger partial charge in [0, 0.05) is 24.8 Å². The molecule has 1 heterocycles. The minimum absolute atomic E-state index is 0.223. The van der Waals surface area contributed by atoms with Gasteiger partial charge in [-0.3, -0.25) is 0 Å². The van der Waals surface area contributed by atoms with Gasteiger partial charge in [-0.15, -0.1) is 0 Å². The summed E-state index contributed by atoms with van der Waals surface area (Å²) in [5, 5.41) is 3.29. The summed E-state index contributed by atoms with van der Waals surface area (Å²) < 4.78 is 28.2. The van der Waals surface area contributed by atoms with Gasteiger partial charge in [-0.05, 0) is 31.2 Å². The van der Waals surface area contributed by atoms with Gasteiger partial charge < -0.3 is 10.1 Å². The summed E-state index contributed by atoms with van der Waals surface area (Å²) in [6.07, 6.45) is 2.27. The fourth-order valence-corrected chi connectivity index (χ4v) is 3.04. The summed E-state index contributed by atoms with van der Waals surface area (Å²) in [5.74, 6) is 0.457. The molecule has 0 aromatic heterocycles. The lowest BCUT2D eigenvalue weighted by Crippen LogP contribution is -2.25. The highest BCUT2D eigenvalue weighted by atomic mass is 32.2. The lowest BCUT2D eigenvalue weighted by molar-refractivity contribution is 0.178. The maximum atomic E-state index is 11.4. The molecule has 0 bridgehead atoms. The van der Waals surface area contributed by atoms with Gasteiger partial charge >= 0.3 is 0 Å². The van der Waals surface area contributed by atoms with E-state index in [0.717, 1.165) is 25.2 Å². The Labute approximate surface area is 108 Å². The topological polar surface area (TPSA) is 55.4 Å². The summed E-state index contributed by atoms with van der Waals surface area (Å²) >= 11 is 0. The molecule has 1 saturated heterocycles. The van der Waals surface area contributed by atoms with E-state index in [-0.39, 0.29) is 6.04 Å². The molecule has 1 aromatic carbocycles. The van der Waals surface area contributed by atoms with E-state index in [9.17, 15) is 8.42 Å². The monoisotopic (exact) mass is 269 g/mol. The van der Waals surface area contributed by atoms with E-state index in [1.165, 1.54) is 6.26 Å². The largest absolute Gasteiger partial charge is 0.381 e. The Bertz CT molecular complexity index is 489. The molecule has 1 aliphatic heterocycles. The van der Waals surface area contributed by atoms with Crippen LogP contribution in [0.4, 0.5) is 0 Å². The summed E-state index contributed by atoms with van der Waals surface area (Å²) in [6.45, 7) is 1.57. The minimum atomic E-state index is -3.12. The lowest BCUT2D eigenvalue weighted by atomic mass is 9.92. The first-order chi connectivity index (χ1) is 8.52. The van der Waals surface area contributed by atoms with Crippen LogP contribution in [-0.4, -0.2) is 34.9 Å². The Morgan fingerprint density at radius 3 is 2.44 bits per heavy atom. The van der Waals surface area contributed by atoms with Crippen LogP contribution in [0, 0.1) is 5.92 Å². The maximum Gasteiger partial charge on any atom is 0.175 e. The van der Waals surface area contributed by atoms with Crippen LogP contribution in [0.2, 0.25) is 0 Å². The van der Waals surface area contributed by atoms with E-state index in [2.05, 4.69) is 5.32 Å². The van der Waals surface area contributed by atoms with Crippen molar-refractivity contribution in [3.63, 3.8) is 0 Å². The van der Waals surface area contributed by atoms with Crippen LogP contribution in [-0.2, 0) is 14.6 Å². The van der Waals surface area contributed by atoms with Crippen molar-refractivity contribution in [1.82, 2.24) is 5.32 Å². The van der Waals surface area contributed by atoms with Crippen LogP contribution in [0.5, 0.6) is 0 Å². The van der Waals surface area contributed by atoms with Crippen molar-refractivity contribution in [2.24, 2.45) is 5.92 Å². The van der Waals surface area contributed by atoms with E-state index >= 15 is 0 Å². The van der Waals surface area contributed by atoms with E-state index in [0.29, 0.717) is 10.8 Å². The molecule has 2 rings (SSSR count). The second-order valence-electron chi connectivity index (χ2n) is 4.73. The SMILES string of the molecule is CNC(c1ccc(S(C)(=O)=O)cc1)C1CCOC1. The number of ether oxygens (including phenoxy) is 1. The molecule has 1 fully saturated rings. The number of hydrogen-bond acceptors (Lipinski definition) is 4. The number of nitrogens with one attached hydrogen (secondary N) is 1. The first kappa shape index (κ1) is 13.5. The van der Waals surface area contributed by atoms with Gasteiger partial charge in [0.25, 0.3) is 0 Å². The Balaban J connectivity index is 2.21. The van der Waals surface area contributed by atoms with E-state index < -0.39 is 9.84 Å². The average molecular weight is 269 g/mol. The normalized spacial score (nSPS) is 22.0. The molecule has 0 aliphatic carbocycles. The molecule has 4 nitrogen and oxygen atoms in total. The van der Waals surface area contributed by atoms with Gasteiger partial charge in [0.05, 0.1) is 11.5 Å². The predicted octanol–water partition coefficient (Wildman–Crippen LogP) is 1.39. The minimum Gasteiger partial charge on any atom is -0.381 e. The van der Waals surface area contributed by atoms with Gasteiger partial charge in [0.1, 0.15) is 0 Å². The number of hydrogen-bond donors (Lipinski definition) is 1. The second-order valence-corrected chi connectivity index (χ2v) is 6.75. The van der Waals surface area contributed by atoms with Crippen LogP contribution in [0.15, 0.2) is 29.2 Å². The molecule has 100 valence electrons. The van der Waals surface area contributed by atoms with Crippen LogP contribution < -0.4 is 5.32 Å². The summed E-state index contributed by atoms with van der Waals surface area (Å²) in [6, 6.07) is 7.34. The second kappa shape index (κ2) is 5.38. The molecule has 1 N–H and O–H groups in total. The zero-order valence-electron chi connectivity index (χ0n) is 10.7. The molecule has 1 aliphatic rings. The zero-order chi connectivity index (χ0) is 13.2. The molecule has 2 atom stereocenters. The van der Waals surface area contributed by atoms with E-state index in [4.69, 9.17) is 4.74 Å². The van der Waals surface area contributed by atoms with Crippen LogP contribution in [0.25, 0.3) is 0 Å². The van der Waals surface area contributed by atoms with Crippen molar-refractivity contribution in [2.45, 2.75) is 17.4 Å². The first-order valence-electron chi connectivity index (χ1n) is 6.07. The van der Waals surface area contributed by atoms with Gasteiger partial charge in [-0.2, -0.15) is 0 Å². The van der Waals surface area contributed by atoms with Crippen molar-refractivity contribution in [1.29, 1.82) is 0 Å². The van der Waals surface area contributed by atoms with Gasteiger partial charge in [-0.25, -0.2) is 8.42 Å². The highest BCUT2D eigenvalue weighted by molar-refractivity contribution is 7.90. The Morgan fingerprint density at radius 1 is 1.33 bits per heavy atom. The smallest absolute Gasteiger partial charge is 0.175 e. The van der Waals surface area contributed by atoms with Crippen LogP contribution >= 0.6 is 0 Å². The fraction of sp³-hybridized carbons (Fsp3) is 0.538. The molecule has 18 heavy (non-hydrogen) atoms. The molecule has 1 aromatic rings. The van der Waals surface area contributed by atoms with Crippen molar-refractivity contribution < 1.29 is 13.2 Å². The van der Waals surface area contributed by atoms with E-state index in [1.54, 1.807) is 12.1 Å². The predicted molar refractivity (Wildman–Crippen MR) is 70.3 cm³/mol. The maximum absolute atomic E-state index is 11.4. The number of benzene rings is 1.